The lowest BCUT2D eigenvalue weighted by atomic mass is 10.1. The van der Waals surface area contributed by atoms with Crippen molar-refractivity contribution in [3.63, 3.8) is 0 Å². The maximum absolute atomic E-state index is 12.6. The second kappa shape index (κ2) is 7.79. The third kappa shape index (κ3) is 3.65. The van der Waals surface area contributed by atoms with Gasteiger partial charge in [0.15, 0.2) is 6.10 Å². The number of esters is 1. The first-order valence-corrected chi connectivity index (χ1v) is 9.26. The first-order chi connectivity index (χ1) is 14.5. The zero-order chi connectivity index (χ0) is 21.3. The number of hydrogen-bond acceptors (Lipinski definition) is 6. The smallest absolute Gasteiger partial charge is 0.338 e. The zero-order valence-corrected chi connectivity index (χ0v) is 16.3. The first-order valence-electron chi connectivity index (χ1n) is 9.26. The summed E-state index contributed by atoms with van der Waals surface area (Å²) in [7, 11) is 1.51. The molecular weight excluding hydrogens is 386 g/mol. The van der Waals surface area contributed by atoms with Gasteiger partial charge in [0, 0.05) is 16.8 Å². The number of carbonyl (C=O) groups excluding carboxylic acids is 2. The molecule has 0 radical (unpaired) electrons. The molecule has 1 heterocycles. The van der Waals surface area contributed by atoms with Crippen molar-refractivity contribution in [1.82, 2.24) is 0 Å². The first kappa shape index (κ1) is 19.3. The molecule has 0 aliphatic heterocycles. The van der Waals surface area contributed by atoms with Crippen LogP contribution < -0.4 is 10.1 Å². The van der Waals surface area contributed by atoms with Crippen molar-refractivity contribution in [3.05, 3.63) is 66.2 Å². The highest BCUT2D eigenvalue weighted by Gasteiger charge is 2.21. The molecule has 152 valence electrons. The van der Waals surface area contributed by atoms with Crippen LogP contribution in [0, 0.1) is 0 Å². The third-order valence-electron chi connectivity index (χ3n) is 4.71. The molecule has 30 heavy (non-hydrogen) atoms. The van der Waals surface area contributed by atoms with Crippen molar-refractivity contribution in [3.8, 4) is 11.5 Å². The Balaban J connectivity index is 1.55. The van der Waals surface area contributed by atoms with E-state index in [1.807, 2.05) is 24.3 Å². The van der Waals surface area contributed by atoms with Gasteiger partial charge in [0.05, 0.1) is 18.4 Å². The average molecular weight is 405 g/mol. The summed E-state index contributed by atoms with van der Waals surface area (Å²) in [5.41, 5.74) is 1.96. The highest BCUT2D eigenvalue weighted by atomic mass is 16.5. The van der Waals surface area contributed by atoms with E-state index in [0.717, 1.165) is 16.4 Å². The van der Waals surface area contributed by atoms with Gasteiger partial charge in [0.1, 0.15) is 22.7 Å². The summed E-state index contributed by atoms with van der Waals surface area (Å²) in [6.45, 7) is 1.47. The van der Waals surface area contributed by atoms with Crippen molar-refractivity contribution < 1.29 is 28.6 Å². The molecule has 4 aromatic rings. The molecule has 1 aromatic heterocycles. The summed E-state index contributed by atoms with van der Waals surface area (Å²) in [6.07, 6.45) is -1.05. The zero-order valence-electron chi connectivity index (χ0n) is 16.3. The van der Waals surface area contributed by atoms with E-state index in [4.69, 9.17) is 13.9 Å². The molecule has 7 heteroatoms. The number of carbonyl (C=O) groups is 2. The minimum atomic E-state index is -1.05. The minimum Gasteiger partial charge on any atom is -0.508 e. The molecular formula is C23H19NO6. The number of phenolic OH excluding ortho intramolecular Hbond substituents is 1. The lowest BCUT2D eigenvalue weighted by molar-refractivity contribution is -0.123. The number of methoxy groups -OCH3 is 1. The van der Waals surface area contributed by atoms with Crippen molar-refractivity contribution in [2.75, 3.05) is 12.4 Å². The monoisotopic (exact) mass is 405 g/mol. The maximum Gasteiger partial charge on any atom is 0.338 e. The molecule has 0 aliphatic carbocycles. The van der Waals surface area contributed by atoms with Crippen LogP contribution in [0.3, 0.4) is 0 Å². The minimum absolute atomic E-state index is 0.0328. The Kier molecular flexibility index (Phi) is 5.02. The van der Waals surface area contributed by atoms with E-state index in [1.165, 1.54) is 38.3 Å². The third-order valence-corrected chi connectivity index (χ3v) is 4.71. The van der Waals surface area contributed by atoms with Crippen LogP contribution in [0.4, 0.5) is 5.69 Å². The van der Waals surface area contributed by atoms with Gasteiger partial charge in [0.25, 0.3) is 5.91 Å². The number of hydrogen-bond donors (Lipinski definition) is 2. The molecule has 0 fully saturated rings. The van der Waals surface area contributed by atoms with Crippen LogP contribution in [0.5, 0.6) is 11.5 Å². The van der Waals surface area contributed by atoms with Crippen molar-refractivity contribution >= 4 is 39.5 Å². The maximum atomic E-state index is 12.6. The number of para-hydroxylation sites is 1. The predicted octanol–water partition coefficient (Wildman–Crippen LogP) is 4.48. The quantitative estimate of drug-likeness (QED) is 0.475. The van der Waals surface area contributed by atoms with Gasteiger partial charge in [-0.1, -0.05) is 18.2 Å². The van der Waals surface area contributed by atoms with Crippen LogP contribution in [0.1, 0.15) is 17.3 Å². The van der Waals surface area contributed by atoms with Gasteiger partial charge in [-0.3, -0.25) is 4.79 Å². The number of phenols is 1. The second-order valence-corrected chi connectivity index (χ2v) is 6.73. The van der Waals surface area contributed by atoms with Gasteiger partial charge in [-0.2, -0.15) is 0 Å². The Morgan fingerprint density at radius 2 is 1.73 bits per heavy atom. The molecule has 1 unspecified atom stereocenters. The van der Waals surface area contributed by atoms with Crippen molar-refractivity contribution in [1.29, 1.82) is 0 Å². The van der Waals surface area contributed by atoms with Gasteiger partial charge >= 0.3 is 5.97 Å². The Morgan fingerprint density at radius 1 is 1.00 bits per heavy atom. The molecule has 0 aliphatic rings. The number of rotatable bonds is 5. The lowest BCUT2D eigenvalue weighted by Crippen LogP contribution is -2.30. The SMILES string of the molecule is COc1cc2c(cc1NC(=O)C(C)OC(=O)c1ccc(O)cc1)oc1ccccc12. The fourth-order valence-corrected chi connectivity index (χ4v) is 3.13. The number of aromatic hydroxyl groups is 1. The summed E-state index contributed by atoms with van der Waals surface area (Å²) >= 11 is 0. The van der Waals surface area contributed by atoms with Crippen LogP contribution in [-0.4, -0.2) is 30.2 Å². The number of ether oxygens (including phenoxy) is 2. The fourth-order valence-electron chi connectivity index (χ4n) is 3.13. The van der Waals surface area contributed by atoms with Crippen LogP contribution in [0.25, 0.3) is 21.9 Å². The average Bonchev–Trinajstić information content (AvgIpc) is 3.10. The van der Waals surface area contributed by atoms with Gasteiger partial charge < -0.3 is 24.3 Å². The van der Waals surface area contributed by atoms with Crippen LogP contribution >= 0.6 is 0 Å². The Hall–Kier alpha value is -4.00. The number of amides is 1. The van der Waals surface area contributed by atoms with E-state index in [9.17, 15) is 14.7 Å². The predicted molar refractivity (Wildman–Crippen MR) is 112 cm³/mol. The van der Waals surface area contributed by atoms with E-state index in [0.29, 0.717) is 17.0 Å². The number of fused-ring (bicyclic) bond motifs is 3. The normalized spacial score (nSPS) is 11.9. The molecule has 0 saturated carbocycles. The topological polar surface area (TPSA) is 98.0 Å². The molecule has 0 spiro atoms. The van der Waals surface area contributed by atoms with Gasteiger partial charge in [-0.25, -0.2) is 4.79 Å². The summed E-state index contributed by atoms with van der Waals surface area (Å²) in [4.78, 5) is 24.8. The molecule has 7 nitrogen and oxygen atoms in total. The van der Waals surface area contributed by atoms with E-state index in [-0.39, 0.29) is 11.3 Å². The highest BCUT2D eigenvalue weighted by Crippen LogP contribution is 2.36. The summed E-state index contributed by atoms with van der Waals surface area (Å²) in [5.74, 6) is -0.696. The standard InChI is InChI=1S/C23H19NO6/c1-13(29-23(27)14-7-9-15(25)10-8-14)22(26)24-18-12-20-17(11-21(18)28-2)16-5-3-4-6-19(16)30-20/h3-13,25H,1-2H3,(H,24,26). The van der Waals surface area contributed by atoms with Gasteiger partial charge in [0.2, 0.25) is 0 Å². The fraction of sp³-hybridized carbons (Fsp3) is 0.130. The molecule has 0 saturated heterocycles. The molecule has 3 aromatic carbocycles. The Labute approximate surface area is 171 Å². The number of anilines is 1. The molecule has 2 N–H and O–H groups in total. The second-order valence-electron chi connectivity index (χ2n) is 6.73. The summed E-state index contributed by atoms with van der Waals surface area (Å²) < 4.78 is 16.5. The van der Waals surface area contributed by atoms with E-state index >= 15 is 0 Å². The largest absolute Gasteiger partial charge is 0.508 e. The Bertz CT molecular complexity index is 1240. The number of benzene rings is 3. The van der Waals surface area contributed by atoms with Crippen molar-refractivity contribution in [2.24, 2.45) is 0 Å². The molecule has 4 rings (SSSR count). The summed E-state index contributed by atoms with van der Waals surface area (Å²) in [5, 5.41) is 13.8. The van der Waals surface area contributed by atoms with E-state index in [2.05, 4.69) is 5.32 Å². The Morgan fingerprint density at radius 3 is 2.47 bits per heavy atom. The van der Waals surface area contributed by atoms with Crippen LogP contribution in [0.2, 0.25) is 0 Å². The lowest BCUT2D eigenvalue weighted by Gasteiger charge is -2.15. The molecule has 1 amide bonds. The van der Waals surface area contributed by atoms with Gasteiger partial charge in [-0.05, 0) is 43.3 Å². The molecule has 1 atom stereocenters. The number of furan rings is 1. The van der Waals surface area contributed by atoms with Crippen LogP contribution in [0.15, 0.2) is 65.1 Å². The van der Waals surface area contributed by atoms with Gasteiger partial charge in [-0.15, -0.1) is 0 Å². The van der Waals surface area contributed by atoms with Crippen molar-refractivity contribution in [2.45, 2.75) is 13.0 Å². The van der Waals surface area contributed by atoms with E-state index in [1.54, 1.807) is 12.1 Å². The number of nitrogens with one attached hydrogen (secondary N) is 1. The highest BCUT2D eigenvalue weighted by molar-refractivity contribution is 6.08. The summed E-state index contributed by atoms with van der Waals surface area (Å²) in [6, 6.07) is 16.7. The van der Waals surface area contributed by atoms with Crippen LogP contribution in [-0.2, 0) is 9.53 Å². The molecule has 0 bridgehead atoms. The van der Waals surface area contributed by atoms with E-state index < -0.39 is 18.0 Å².